The van der Waals surface area contributed by atoms with Crippen molar-refractivity contribution in [2.75, 3.05) is 24.6 Å². The first-order chi connectivity index (χ1) is 31.7. The quantitative estimate of drug-likeness (QED) is 0.0846. The van der Waals surface area contributed by atoms with Gasteiger partial charge in [-0.1, -0.05) is 146 Å². The minimum absolute atomic E-state index is 0.722. The molecule has 0 aliphatic carbocycles. The molecule has 0 amide bonds. The van der Waals surface area contributed by atoms with Crippen LogP contribution in [0.2, 0.25) is 0 Å². The van der Waals surface area contributed by atoms with E-state index in [1.54, 1.807) is 0 Å². The van der Waals surface area contributed by atoms with Crippen LogP contribution in [0.3, 0.4) is 0 Å². The van der Waals surface area contributed by atoms with E-state index in [0.717, 1.165) is 0 Å². The Labute approximate surface area is 420 Å². The molecule has 0 fully saturated rings. The van der Waals surface area contributed by atoms with E-state index in [0.29, 0.717) is 0 Å². The van der Waals surface area contributed by atoms with E-state index in [1.165, 1.54) is 79.9 Å². The molecule has 0 saturated carbocycles. The molecule has 0 aliphatic rings. The minimum atomic E-state index is -0.742. The second-order valence-corrected chi connectivity index (χ2v) is 33.0. The summed E-state index contributed by atoms with van der Waals surface area (Å²) in [5.41, 5.74) is 0. The number of hydrogen-bond acceptors (Lipinski definition) is 0. The van der Waals surface area contributed by atoms with Crippen molar-refractivity contribution in [1.82, 2.24) is 0 Å². The van der Waals surface area contributed by atoms with Crippen molar-refractivity contribution in [2.24, 2.45) is 0 Å². The summed E-state index contributed by atoms with van der Waals surface area (Å²) < 4.78 is 0. The van der Waals surface area contributed by atoms with Crippen LogP contribution >= 0.6 is 69.8 Å². The molecule has 0 aliphatic heterocycles. The van der Waals surface area contributed by atoms with Gasteiger partial charge < -0.3 is 0 Å². The molecule has 0 atom stereocenters. The topological polar surface area (TPSA) is 0 Å². The molecule has 0 spiro atoms. The molecular weight excluding hydrogens is 1290 g/mol. The summed E-state index contributed by atoms with van der Waals surface area (Å²) in [6.07, 6.45) is 7.68. The molecule has 0 nitrogen and oxygen atoms in total. The fraction of sp³-hybridized carbons (Fsp3) is 0.111. The van der Waals surface area contributed by atoms with Crippen LogP contribution < -0.4 is 42.4 Å². The third-order valence-corrected chi connectivity index (χ3v) is 22.3. The molecular formula is C54H56Cl4P4Re2+4. The molecule has 0 bridgehead atoms. The van der Waals surface area contributed by atoms with Gasteiger partial charge in [-0.25, -0.2) is 0 Å². The summed E-state index contributed by atoms with van der Waals surface area (Å²) >= 11 is -1.44. The zero-order valence-electron chi connectivity index (χ0n) is 35.6. The third kappa shape index (κ3) is 18.6. The van der Waals surface area contributed by atoms with E-state index in [-0.39, 0.29) is 0 Å². The number of hydrogen-bond donors (Lipinski definition) is 0. The van der Waals surface area contributed by atoms with E-state index in [2.05, 4.69) is 243 Å². The van der Waals surface area contributed by atoms with Gasteiger partial charge in [-0.05, 0) is 97.1 Å². The first-order valence-corrected chi connectivity index (χ1v) is 41.6. The van der Waals surface area contributed by atoms with Gasteiger partial charge >= 0.3 is 70.0 Å². The van der Waals surface area contributed by atoms with Crippen molar-refractivity contribution >= 4 is 112 Å². The molecule has 0 aromatic heterocycles. The molecule has 330 valence electrons. The fourth-order valence-corrected chi connectivity index (χ4v) is 19.0. The summed E-state index contributed by atoms with van der Waals surface area (Å²) in [6, 6.07) is 89.1. The van der Waals surface area contributed by atoms with Crippen LogP contribution in [-0.4, -0.2) is 24.6 Å². The van der Waals surface area contributed by atoms with Crippen molar-refractivity contribution in [2.45, 2.75) is 12.8 Å². The average Bonchev–Trinajstić information content (AvgIpc) is 3.37. The van der Waals surface area contributed by atoms with E-state index < -0.39 is 63.6 Å². The number of halogens is 4. The molecule has 8 aromatic rings. The maximum Gasteiger partial charge on any atom is 0.0966 e. The van der Waals surface area contributed by atoms with Gasteiger partial charge in [0.05, 0.1) is 98.8 Å². The number of rotatable bonds is 16. The van der Waals surface area contributed by atoms with Crippen LogP contribution in [0, 0.1) is 0 Å². The smallest absolute Gasteiger partial charge is 0.0620 e. The normalized spacial score (nSPS) is 10.6. The minimum Gasteiger partial charge on any atom is -0.0620 e. The Hall–Kier alpha value is -2.04. The van der Waals surface area contributed by atoms with Gasteiger partial charge in [0.15, 0.2) is 0 Å². The van der Waals surface area contributed by atoms with Gasteiger partial charge in [0.2, 0.25) is 0 Å². The largest absolute Gasteiger partial charge is 0.0966 e. The third-order valence-electron chi connectivity index (χ3n) is 10.7. The summed E-state index contributed by atoms with van der Waals surface area (Å²) in [7, 11) is 16.7. The van der Waals surface area contributed by atoms with Crippen LogP contribution in [0.1, 0.15) is 12.8 Å². The van der Waals surface area contributed by atoms with E-state index >= 15 is 0 Å². The molecule has 0 heterocycles. The van der Waals surface area contributed by atoms with Crippen molar-refractivity contribution < 1.29 is 31.9 Å². The Morgan fingerprint density at radius 2 is 0.328 bits per heavy atom. The van der Waals surface area contributed by atoms with Crippen LogP contribution in [0.4, 0.5) is 0 Å². The zero-order valence-corrected chi connectivity index (χ0v) is 48.1. The SMILES string of the molecule is [Cl][Re][Cl].[Cl][Re][Cl].c1ccc([PH+](CCC[PH+](c2ccccc2)c2ccccc2)c2ccccc2)cc1.c1ccc([PH+](CCC[PH+](c2ccccc2)c2ccccc2)c2ccccc2)cc1. The average molecular weight is 1340 g/mol. The Bertz CT molecular complexity index is 1850. The Balaban J connectivity index is 0.000000215. The van der Waals surface area contributed by atoms with Crippen molar-refractivity contribution in [1.29, 1.82) is 0 Å². The molecule has 0 unspecified atom stereocenters. The summed E-state index contributed by atoms with van der Waals surface area (Å²) in [5.74, 6) is 0. The van der Waals surface area contributed by atoms with Crippen LogP contribution in [0.15, 0.2) is 243 Å². The Kier molecular flexibility index (Phi) is 27.0. The molecule has 0 radical (unpaired) electrons. The first kappa shape index (κ1) is 52.9. The van der Waals surface area contributed by atoms with Gasteiger partial charge in [-0.15, -0.1) is 0 Å². The van der Waals surface area contributed by atoms with E-state index in [1.807, 2.05) is 0 Å². The molecule has 64 heavy (non-hydrogen) atoms. The standard InChI is InChI=1S/2C27H26P2.4ClH.2Re/c2*1-5-14-24(15-6-1)28(25-16-7-2-8-17-25)22-13-23-29(26-18-9-3-10-19-26)27-20-11-4-12-21-27;;;;;;/h2*1-12,14-21H,13,22-23H2;4*1H;;/q;;;;;;2*+2. The molecule has 0 N–H and O–H groups in total. The first-order valence-electron chi connectivity index (χ1n) is 21.3. The van der Waals surface area contributed by atoms with Gasteiger partial charge in [-0.3, -0.25) is 0 Å². The van der Waals surface area contributed by atoms with Crippen LogP contribution in [-0.2, 0) is 31.9 Å². The molecule has 8 rings (SSSR count). The second kappa shape index (κ2) is 32.6. The van der Waals surface area contributed by atoms with E-state index in [9.17, 15) is 0 Å². The molecule has 10 heteroatoms. The Morgan fingerprint density at radius 1 is 0.219 bits per heavy atom. The van der Waals surface area contributed by atoms with E-state index in [4.69, 9.17) is 38.1 Å². The zero-order chi connectivity index (χ0) is 44.9. The van der Waals surface area contributed by atoms with Crippen LogP contribution in [0.25, 0.3) is 0 Å². The predicted octanol–water partition coefficient (Wildman–Crippen LogP) is 13.0. The molecule has 8 aromatic carbocycles. The summed E-state index contributed by atoms with van der Waals surface area (Å²) in [6.45, 7) is 0. The predicted molar refractivity (Wildman–Crippen MR) is 294 cm³/mol. The second-order valence-electron chi connectivity index (χ2n) is 14.7. The maximum atomic E-state index is 4.92. The maximum absolute atomic E-state index is 4.92. The number of benzene rings is 8. The van der Waals surface area contributed by atoms with Crippen LogP contribution in [0.5, 0.6) is 0 Å². The summed E-state index contributed by atoms with van der Waals surface area (Å²) in [4.78, 5) is 0. The fourth-order valence-electron chi connectivity index (χ4n) is 7.82. The Morgan fingerprint density at radius 3 is 0.438 bits per heavy atom. The van der Waals surface area contributed by atoms with Gasteiger partial charge in [0, 0.05) is 12.8 Å². The van der Waals surface area contributed by atoms with Gasteiger partial charge in [0.25, 0.3) is 0 Å². The van der Waals surface area contributed by atoms with Gasteiger partial charge in [0.1, 0.15) is 0 Å². The monoisotopic (exact) mass is 1340 g/mol. The van der Waals surface area contributed by atoms with Crippen molar-refractivity contribution in [3.05, 3.63) is 243 Å². The van der Waals surface area contributed by atoms with Crippen molar-refractivity contribution in [3.63, 3.8) is 0 Å². The molecule has 0 saturated heterocycles. The van der Waals surface area contributed by atoms with Gasteiger partial charge in [-0.2, -0.15) is 0 Å². The van der Waals surface area contributed by atoms with Crippen molar-refractivity contribution in [3.8, 4) is 0 Å². The summed E-state index contributed by atoms with van der Waals surface area (Å²) in [5, 5.41) is 12.2.